The highest BCUT2D eigenvalue weighted by Gasteiger charge is 2.22. The molecule has 0 aromatic rings. The number of aliphatic hydroxyl groups excluding tert-OH is 8. The van der Waals surface area contributed by atoms with E-state index in [2.05, 4.69) is 0 Å². The smallest absolute Gasteiger partial charge is 0.104 e. The lowest BCUT2D eigenvalue weighted by Gasteiger charge is -2.26. The summed E-state index contributed by atoms with van der Waals surface area (Å²) in [6, 6.07) is 0. The Morgan fingerprint density at radius 3 is 1.22 bits per heavy atom. The molecule has 0 amide bonds. The Hall–Kier alpha value is -0.600. The lowest BCUT2D eigenvalue weighted by Crippen LogP contribution is -2.37. The van der Waals surface area contributed by atoms with E-state index in [0.717, 1.165) is 25.7 Å². The van der Waals surface area contributed by atoms with Crippen LogP contribution in [0.5, 0.6) is 0 Å². The van der Waals surface area contributed by atoms with Crippen molar-refractivity contribution in [1.82, 2.24) is 0 Å². The van der Waals surface area contributed by atoms with E-state index in [1.54, 1.807) is 0 Å². The summed E-state index contributed by atoms with van der Waals surface area (Å²) in [4.78, 5) is 0. The van der Waals surface area contributed by atoms with Crippen LogP contribution in [0.1, 0.15) is 25.7 Å². The first-order valence-electron chi connectivity index (χ1n) is 14.2. The predicted octanol–water partition coefficient (Wildman–Crippen LogP) is -3.44. The quantitative estimate of drug-likeness (QED) is 0.0435. The van der Waals surface area contributed by atoms with Gasteiger partial charge in [-0.25, -0.2) is 0 Å². The van der Waals surface area contributed by atoms with Gasteiger partial charge in [-0.3, -0.25) is 0 Å². The standard InChI is InChI=1S/C26H52O15/c27-5-19(31)9-35-13-24(38-11-21(33)7-29)14-37-16-26(17-40-23-3-1-2-4-23)41-18-25(39-12-22(34)8-30)15-36-10-20(32)6-28/h19-34H,1-18H2. The van der Waals surface area contributed by atoms with Gasteiger partial charge in [-0.2, -0.15) is 0 Å². The Balaban J connectivity index is 2.70. The molecule has 1 fully saturated rings. The van der Waals surface area contributed by atoms with Crippen LogP contribution in [0.2, 0.25) is 0 Å². The number of hydrogen-bond donors (Lipinski definition) is 8. The molecule has 0 aliphatic heterocycles. The average Bonchev–Trinajstić information content (AvgIpc) is 3.51. The molecule has 1 saturated carbocycles. The van der Waals surface area contributed by atoms with Crippen molar-refractivity contribution in [1.29, 1.82) is 0 Å². The van der Waals surface area contributed by atoms with E-state index in [-0.39, 0.29) is 72.2 Å². The lowest BCUT2D eigenvalue weighted by atomic mass is 10.3. The fourth-order valence-corrected chi connectivity index (χ4v) is 3.68. The predicted molar refractivity (Wildman–Crippen MR) is 142 cm³/mol. The summed E-state index contributed by atoms with van der Waals surface area (Å²) in [5.41, 5.74) is 0. The summed E-state index contributed by atoms with van der Waals surface area (Å²) in [5, 5.41) is 74.3. The molecular formula is C26H52O15. The fraction of sp³-hybridized carbons (Fsp3) is 1.00. The summed E-state index contributed by atoms with van der Waals surface area (Å²) in [7, 11) is 0. The summed E-state index contributed by atoms with van der Waals surface area (Å²) >= 11 is 0. The second-order valence-corrected chi connectivity index (χ2v) is 10.1. The molecule has 0 saturated heterocycles. The molecule has 8 N–H and O–H groups in total. The van der Waals surface area contributed by atoms with Gasteiger partial charge in [-0.15, -0.1) is 0 Å². The van der Waals surface area contributed by atoms with Gasteiger partial charge >= 0.3 is 0 Å². The van der Waals surface area contributed by atoms with Gasteiger partial charge in [-0.1, -0.05) is 12.8 Å². The third-order valence-electron chi connectivity index (χ3n) is 6.06. The van der Waals surface area contributed by atoms with Gasteiger partial charge in [0.1, 0.15) is 42.7 Å². The van der Waals surface area contributed by atoms with Crippen molar-refractivity contribution in [2.24, 2.45) is 0 Å². The molecule has 15 nitrogen and oxygen atoms in total. The largest absolute Gasteiger partial charge is 0.394 e. The van der Waals surface area contributed by atoms with E-state index in [1.807, 2.05) is 0 Å². The lowest BCUT2D eigenvalue weighted by molar-refractivity contribution is -0.139. The molecule has 41 heavy (non-hydrogen) atoms. The van der Waals surface area contributed by atoms with Crippen LogP contribution >= 0.6 is 0 Å². The fourth-order valence-electron chi connectivity index (χ4n) is 3.68. The minimum absolute atomic E-state index is 0.000561. The van der Waals surface area contributed by atoms with Crippen LogP contribution < -0.4 is 0 Å². The molecule has 15 heteroatoms. The maximum atomic E-state index is 9.66. The summed E-state index contributed by atoms with van der Waals surface area (Å²) in [6.45, 7) is -2.10. The van der Waals surface area contributed by atoms with Gasteiger partial charge < -0.3 is 74.0 Å². The van der Waals surface area contributed by atoms with Crippen molar-refractivity contribution < 1.29 is 74.0 Å². The molecule has 1 rings (SSSR count). The Kier molecular flexibility index (Phi) is 23.2. The first kappa shape index (κ1) is 38.4. The van der Waals surface area contributed by atoms with Crippen molar-refractivity contribution >= 4 is 0 Å². The van der Waals surface area contributed by atoms with Gasteiger partial charge in [0.05, 0.1) is 98.6 Å². The van der Waals surface area contributed by atoms with E-state index in [0.29, 0.717) is 0 Å². The Labute approximate surface area is 241 Å². The van der Waals surface area contributed by atoms with Gasteiger partial charge in [0, 0.05) is 0 Å². The molecule has 0 aromatic heterocycles. The van der Waals surface area contributed by atoms with E-state index < -0.39 is 69.2 Å². The molecule has 0 aromatic carbocycles. The first-order chi connectivity index (χ1) is 19.8. The molecule has 0 spiro atoms. The second-order valence-electron chi connectivity index (χ2n) is 10.1. The van der Waals surface area contributed by atoms with Crippen LogP contribution in [0.3, 0.4) is 0 Å². The highest BCUT2D eigenvalue weighted by molar-refractivity contribution is 4.70. The Morgan fingerprint density at radius 1 is 0.439 bits per heavy atom. The zero-order valence-corrected chi connectivity index (χ0v) is 23.8. The number of aliphatic hydroxyl groups is 8. The third kappa shape index (κ3) is 20.1. The maximum absolute atomic E-state index is 9.66. The monoisotopic (exact) mass is 604 g/mol. The van der Waals surface area contributed by atoms with Crippen molar-refractivity contribution in [2.75, 3.05) is 92.5 Å². The normalized spacial score (nSPS) is 19.6. The second kappa shape index (κ2) is 24.8. The number of hydrogen-bond acceptors (Lipinski definition) is 15. The molecule has 7 atom stereocenters. The molecule has 1 aliphatic carbocycles. The number of ether oxygens (including phenoxy) is 7. The zero-order valence-electron chi connectivity index (χ0n) is 23.8. The van der Waals surface area contributed by atoms with Crippen molar-refractivity contribution in [2.45, 2.75) is 74.5 Å². The molecule has 0 bridgehead atoms. The van der Waals surface area contributed by atoms with E-state index >= 15 is 0 Å². The number of rotatable bonds is 28. The first-order valence-corrected chi connectivity index (χ1v) is 14.2. The Morgan fingerprint density at radius 2 is 0.780 bits per heavy atom. The van der Waals surface area contributed by atoms with Gasteiger partial charge in [0.25, 0.3) is 0 Å². The molecular weight excluding hydrogens is 552 g/mol. The van der Waals surface area contributed by atoms with E-state index in [1.165, 1.54) is 0 Å². The van der Waals surface area contributed by atoms with Crippen LogP contribution in [-0.4, -0.2) is 182 Å². The van der Waals surface area contributed by atoms with E-state index in [9.17, 15) is 20.4 Å². The maximum Gasteiger partial charge on any atom is 0.104 e. The molecule has 7 unspecified atom stereocenters. The SMILES string of the molecule is OCC(O)COCC(COCC(COC1CCCC1)OCC(COCC(O)CO)OCC(O)CO)OCC(O)CO. The highest BCUT2D eigenvalue weighted by Crippen LogP contribution is 2.21. The van der Waals surface area contributed by atoms with Crippen LogP contribution in [0, 0.1) is 0 Å². The molecule has 246 valence electrons. The average molecular weight is 605 g/mol. The van der Waals surface area contributed by atoms with Crippen molar-refractivity contribution in [3.63, 3.8) is 0 Å². The van der Waals surface area contributed by atoms with Crippen LogP contribution in [-0.2, 0) is 33.2 Å². The van der Waals surface area contributed by atoms with Crippen LogP contribution in [0.25, 0.3) is 0 Å². The third-order valence-corrected chi connectivity index (χ3v) is 6.06. The van der Waals surface area contributed by atoms with Crippen molar-refractivity contribution in [3.8, 4) is 0 Å². The Bertz CT molecular complexity index is 583. The summed E-state index contributed by atoms with van der Waals surface area (Å²) in [5.74, 6) is 0. The molecule has 1 aliphatic rings. The van der Waals surface area contributed by atoms with Gasteiger partial charge in [-0.05, 0) is 12.8 Å². The van der Waals surface area contributed by atoms with Gasteiger partial charge in [0.15, 0.2) is 0 Å². The van der Waals surface area contributed by atoms with Crippen LogP contribution in [0.15, 0.2) is 0 Å². The van der Waals surface area contributed by atoms with Crippen LogP contribution in [0.4, 0.5) is 0 Å². The summed E-state index contributed by atoms with van der Waals surface area (Å²) < 4.78 is 39.8. The summed E-state index contributed by atoms with van der Waals surface area (Å²) in [6.07, 6.45) is -1.90. The zero-order chi connectivity index (χ0) is 30.3. The minimum Gasteiger partial charge on any atom is -0.394 e. The van der Waals surface area contributed by atoms with Crippen molar-refractivity contribution in [3.05, 3.63) is 0 Å². The topological polar surface area (TPSA) is 226 Å². The molecule has 0 heterocycles. The minimum atomic E-state index is -1.09. The van der Waals surface area contributed by atoms with E-state index in [4.69, 9.17) is 53.6 Å². The van der Waals surface area contributed by atoms with Gasteiger partial charge in [0.2, 0.25) is 0 Å². The highest BCUT2D eigenvalue weighted by atomic mass is 16.6. The molecule has 0 radical (unpaired) electrons.